The lowest BCUT2D eigenvalue weighted by Crippen LogP contribution is -2.13. The summed E-state index contributed by atoms with van der Waals surface area (Å²) in [5.74, 6) is 1.85. The molecule has 1 N–H and O–H groups in total. The number of nitrogens with one attached hydrogen (secondary N) is 1. The van der Waals surface area contributed by atoms with E-state index in [1.165, 1.54) is 11.1 Å². The summed E-state index contributed by atoms with van der Waals surface area (Å²) in [6.45, 7) is 12.1. The molecule has 1 aromatic heterocycles. The summed E-state index contributed by atoms with van der Waals surface area (Å²) in [5.41, 5.74) is 5.64. The molecule has 0 aliphatic heterocycles. The number of hydrogen-bond donors (Lipinski definition) is 1. The minimum Gasteiger partial charge on any atom is -0.456 e. The van der Waals surface area contributed by atoms with Crippen LogP contribution in [0.1, 0.15) is 34.9 Å². The molecule has 0 unspecified atom stereocenters. The highest BCUT2D eigenvalue weighted by molar-refractivity contribution is 5.48. The molecule has 0 radical (unpaired) electrons. The van der Waals surface area contributed by atoms with Gasteiger partial charge in [-0.05, 0) is 50.9 Å². The van der Waals surface area contributed by atoms with Gasteiger partial charge in [-0.15, -0.1) is 0 Å². The molecule has 21 heavy (non-hydrogen) atoms. The minimum absolute atomic E-state index is 0.767. The third kappa shape index (κ3) is 3.61. The second-order valence-corrected chi connectivity index (χ2v) is 5.47. The fourth-order valence-electron chi connectivity index (χ4n) is 2.24. The van der Waals surface area contributed by atoms with E-state index in [2.05, 4.69) is 50.1 Å². The molecule has 0 atom stereocenters. The summed E-state index contributed by atoms with van der Waals surface area (Å²) in [4.78, 5) is 4.38. The number of aryl methyl sites for hydroxylation is 3. The van der Waals surface area contributed by atoms with Gasteiger partial charge < -0.3 is 10.1 Å². The van der Waals surface area contributed by atoms with Crippen LogP contribution in [-0.2, 0) is 6.54 Å². The van der Waals surface area contributed by atoms with E-state index in [1.54, 1.807) is 0 Å². The Morgan fingerprint density at radius 2 is 1.81 bits per heavy atom. The smallest absolute Gasteiger partial charge is 0.135 e. The van der Waals surface area contributed by atoms with Gasteiger partial charge in [-0.1, -0.05) is 19.1 Å². The predicted octanol–water partition coefficient (Wildman–Crippen LogP) is 4.22. The minimum atomic E-state index is 0.767. The number of aromatic nitrogens is 1. The highest BCUT2D eigenvalue weighted by Gasteiger charge is 2.11. The maximum Gasteiger partial charge on any atom is 0.135 e. The molecular formula is C18H24N2O. The fourth-order valence-corrected chi connectivity index (χ4v) is 2.24. The molecule has 1 heterocycles. The van der Waals surface area contributed by atoms with Gasteiger partial charge in [0.15, 0.2) is 0 Å². The molecule has 2 aromatic rings. The van der Waals surface area contributed by atoms with Gasteiger partial charge in [-0.3, -0.25) is 4.98 Å². The van der Waals surface area contributed by atoms with Crippen LogP contribution in [0.2, 0.25) is 0 Å². The van der Waals surface area contributed by atoms with E-state index < -0.39 is 0 Å². The lowest BCUT2D eigenvalue weighted by atomic mass is 10.1. The molecule has 0 saturated carbocycles. The highest BCUT2D eigenvalue weighted by atomic mass is 16.5. The summed E-state index contributed by atoms with van der Waals surface area (Å²) in [6.07, 6.45) is 1.90. The highest BCUT2D eigenvalue weighted by Crippen LogP contribution is 2.32. The Labute approximate surface area is 127 Å². The van der Waals surface area contributed by atoms with Crippen molar-refractivity contribution in [2.75, 3.05) is 6.54 Å². The molecule has 0 aliphatic carbocycles. The molecule has 0 aliphatic rings. The fraction of sp³-hybridized carbons (Fsp3) is 0.389. The monoisotopic (exact) mass is 284 g/mol. The van der Waals surface area contributed by atoms with E-state index >= 15 is 0 Å². The van der Waals surface area contributed by atoms with Crippen LogP contribution in [0.5, 0.6) is 11.5 Å². The number of nitrogens with zero attached hydrogens (tertiary/aromatic N) is 1. The van der Waals surface area contributed by atoms with E-state index in [0.29, 0.717) is 0 Å². The zero-order valence-corrected chi connectivity index (χ0v) is 13.6. The van der Waals surface area contributed by atoms with E-state index in [-0.39, 0.29) is 0 Å². The van der Waals surface area contributed by atoms with Crippen molar-refractivity contribution in [3.63, 3.8) is 0 Å². The van der Waals surface area contributed by atoms with Crippen molar-refractivity contribution in [1.29, 1.82) is 0 Å². The Bertz CT molecular complexity index is 635. The molecule has 3 heteroatoms. The maximum atomic E-state index is 6.25. The van der Waals surface area contributed by atoms with E-state index in [4.69, 9.17) is 4.74 Å². The Hall–Kier alpha value is -1.87. The summed E-state index contributed by atoms with van der Waals surface area (Å²) in [5, 5.41) is 3.33. The van der Waals surface area contributed by atoms with E-state index in [0.717, 1.165) is 41.4 Å². The normalized spacial score (nSPS) is 10.7. The largest absolute Gasteiger partial charge is 0.456 e. The lowest BCUT2D eigenvalue weighted by molar-refractivity contribution is 0.464. The quantitative estimate of drug-likeness (QED) is 0.892. The van der Waals surface area contributed by atoms with Crippen molar-refractivity contribution in [2.45, 2.75) is 41.2 Å². The molecule has 0 amide bonds. The molecule has 0 fully saturated rings. The van der Waals surface area contributed by atoms with E-state index in [9.17, 15) is 0 Å². The molecule has 3 nitrogen and oxygen atoms in total. The van der Waals surface area contributed by atoms with Gasteiger partial charge in [0.2, 0.25) is 0 Å². The zero-order valence-electron chi connectivity index (χ0n) is 13.6. The molecule has 2 rings (SSSR count). The first-order valence-corrected chi connectivity index (χ1v) is 7.43. The first kappa shape index (κ1) is 15.5. The Balaban J connectivity index is 2.39. The molecular weight excluding hydrogens is 260 g/mol. The second-order valence-electron chi connectivity index (χ2n) is 5.47. The van der Waals surface area contributed by atoms with Gasteiger partial charge in [0.25, 0.3) is 0 Å². The first-order valence-electron chi connectivity index (χ1n) is 7.43. The van der Waals surface area contributed by atoms with Crippen LogP contribution >= 0.6 is 0 Å². The standard InChI is InChI=1S/C18H24N2O/c1-6-19-10-16-11-20-14(4)9-17(16)21-18-13(3)8-7-12(2)15(18)5/h7-9,11,19H,6,10H2,1-5H3. The molecule has 112 valence electrons. The number of rotatable bonds is 5. The first-order chi connectivity index (χ1) is 10.0. The van der Waals surface area contributed by atoms with Crippen molar-refractivity contribution < 1.29 is 4.74 Å². The summed E-state index contributed by atoms with van der Waals surface area (Å²) in [6, 6.07) is 6.25. The van der Waals surface area contributed by atoms with Crippen molar-refractivity contribution >= 4 is 0 Å². The van der Waals surface area contributed by atoms with Crippen LogP contribution in [-0.4, -0.2) is 11.5 Å². The third-order valence-corrected chi connectivity index (χ3v) is 3.73. The molecule has 1 aromatic carbocycles. The Kier molecular flexibility index (Phi) is 4.97. The van der Waals surface area contributed by atoms with Crippen LogP contribution in [0.25, 0.3) is 0 Å². The van der Waals surface area contributed by atoms with Gasteiger partial charge >= 0.3 is 0 Å². The van der Waals surface area contributed by atoms with Gasteiger partial charge in [-0.25, -0.2) is 0 Å². The second kappa shape index (κ2) is 6.72. The number of ether oxygens (including phenoxy) is 1. The molecule has 0 spiro atoms. The molecule has 0 bridgehead atoms. The predicted molar refractivity (Wildman–Crippen MR) is 87.1 cm³/mol. The Morgan fingerprint density at radius 3 is 2.52 bits per heavy atom. The third-order valence-electron chi connectivity index (χ3n) is 3.73. The van der Waals surface area contributed by atoms with Gasteiger partial charge in [0.05, 0.1) is 0 Å². The summed E-state index contributed by atoms with van der Waals surface area (Å²) in [7, 11) is 0. The van der Waals surface area contributed by atoms with Crippen LogP contribution in [0.4, 0.5) is 0 Å². The summed E-state index contributed by atoms with van der Waals surface area (Å²) >= 11 is 0. The van der Waals surface area contributed by atoms with Gasteiger partial charge in [0, 0.05) is 30.1 Å². The number of pyridine rings is 1. The van der Waals surface area contributed by atoms with Crippen molar-refractivity contribution in [3.05, 3.63) is 52.3 Å². The number of benzene rings is 1. The zero-order chi connectivity index (χ0) is 15.4. The van der Waals surface area contributed by atoms with Crippen LogP contribution in [0.15, 0.2) is 24.4 Å². The van der Waals surface area contributed by atoms with Crippen molar-refractivity contribution in [1.82, 2.24) is 10.3 Å². The van der Waals surface area contributed by atoms with Crippen LogP contribution in [0.3, 0.4) is 0 Å². The summed E-state index contributed by atoms with van der Waals surface area (Å²) < 4.78 is 6.25. The SMILES string of the molecule is CCNCc1cnc(C)cc1Oc1c(C)ccc(C)c1C. The maximum absolute atomic E-state index is 6.25. The lowest BCUT2D eigenvalue weighted by Gasteiger charge is -2.16. The molecule has 0 saturated heterocycles. The average molecular weight is 284 g/mol. The van der Waals surface area contributed by atoms with Crippen LogP contribution in [0, 0.1) is 27.7 Å². The number of hydrogen-bond acceptors (Lipinski definition) is 3. The topological polar surface area (TPSA) is 34.2 Å². The Morgan fingerprint density at radius 1 is 1.10 bits per heavy atom. The van der Waals surface area contributed by atoms with E-state index in [1.807, 2.05) is 19.2 Å². The van der Waals surface area contributed by atoms with Gasteiger partial charge in [0.1, 0.15) is 11.5 Å². The van der Waals surface area contributed by atoms with Crippen LogP contribution < -0.4 is 10.1 Å². The van der Waals surface area contributed by atoms with Crippen molar-refractivity contribution in [3.8, 4) is 11.5 Å². The average Bonchev–Trinajstić information content (AvgIpc) is 2.47. The van der Waals surface area contributed by atoms with Crippen molar-refractivity contribution in [2.24, 2.45) is 0 Å². The van der Waals surface area contributed by atoms with Gasteiger partial charge in [-0.2, -0.15) is 0 Å².